The molecule has 8 heteroatoms. The molecule has 0 aromatic carbocycles. The Morgan fingerprint density at radius 1 is 0.613 bits per heavy atom. The number of esters is 1. The lowest BCUT2D eigenvalue weighted by Gasteiger charge is -2.15. The molecule has 0 rings (SSSR count). The standard InChI is InChI=1S/C23H42O8/c1-2-3-4-5-6-7-8-9-10-11-12-13-14-15-16-17-21(24)29-18-20(31-23(27)28)19-30-22(25)26/h20H,2-19H2,1H3,(H,25,26)(H,27,28). The van der Waals surface area contributed by atoms with Gasteiger partial charge in [-0.15, -0.1) is 0 Å². The van der Waals surface area contributed by atoms with E-state index >= 15 is 0 Å². The van der Waals surface area contributed by atoms with E-state index in [2.05, 4.69) is 16.4 Å². The topological polar surface area (TPSA) is 119 Å². The summed E-state index contributed by atoms with van der Waals surface area (Å²) in [6.07, 6.45) is 14.6. The highest BCUT2D eigenvalue weighted by atomic mass is 16.7. The molecule has 0 saturated carbocycles. The van der Waals surface area contributed by atoms with Gasteiger partial charge >= 0.3 is 18.3 Å². The van der Waals surface area contributed by atoms with E-state index in [1.807, 2.05) is 0 Å². The molecule has 2 N–H and O–H groups in total. The number of hydrogen-bond donors (Lipinski definition) is 2. The number of carbonyl (C=O) groups is 3. The SMILES string of the molecule is CCCCCCCCCCCCCCCCCC(=O)OCC(COC(=O)O)OC(=O)O. The Balaban J connectivity index is 3.50. The van der Waals surface area contributed by atoms with Crippen LogP contribution in [0.3, 0.4) is 0 Å². The molecule has 0 aliphatic rings. The van der Waals surface area contributed by atoms with Gasteiger partial charge in [-0.25, -0.2) is 9.59 Å². The van der Waals surface area contributed by atoms with Gasteiger partial charge in [0.05, 0.1) is 0 Å². The molecule has 0 bridgehead atoms. The zero-order valence-electron chi connectivity index (χ0n) is 19.1. The van der Waals surface area contributed by atoms with Gasteiger partial charge in [0, 0.05) is 6.42 Å². The van der Waals surface area contributed by atoms with E-state index in [1.54, 1.807) is 0 Å². The molecule has 1 atom stereocenters. The lowest BCUT2D eigenvalue weighted by Crippen LogP contribution is -2.30. The summed E-state index contributed by atoms with van der Waals surface area (Å²) in [6.45, 7) is 1.36. The average molecular weight is 447 g/mol. The van der Waals surface area contributed by atoms with Crippen LogP contribution in [-0.2, 0) is 19.0 Å². The van der Waals surface area contributed by atoms with Crippen LogP contribution in [0.2, 0.25) is 0 Å². The molecule has 0 fully saturated rings. The molecule has 182 valence electrons. The van der Waals surface area contributed by atoms with Crippen molar-refractivity contribution in [2.24, 2.45) is 0 Å². The predicted molar refractivity (Wildman–Crippen MR) is 117 cm³/mol. The number of ether oxygens (including phenoxy) is 3. The van der Waals surface area contributed by atoms with Crippen LogP contribution in [0, 0.1) is 0 Å². The molecule has 1 unspecified atom stereocenters. The van der Waals surface area contributed by atoms with Crippen molar-refractivity contribution in [1.29, 1.82) is 0 Å². The quantitative estimate of drug-likeness (QED) is 0.116. The summed E-state index contributed by atoms with van der Waals surface area (Å²) < 4.78 is 13.7. The van der Waals surface area contributed by atoms with Crippen molar-refractivity contribution in [2.45, 2.75) is 116 Å². The van der Waals surface area contributed by atoms with Crippen LogP contribution >= 0.6 is 0 Å². The molecule has 0 aliphatic carbocycles. The molecule has 0 radical (unpaired) electrons. The van der Waals surface area contributed by atoms with Crippen molar-refractivity contribution in [2.75, 3.05) is 13.2 Å². The van der Waals surface area contributed by atoms with Crippen LogP contribution in [-0.4, -0.2) is 47.8 Å². The van der Waals surface area contributed by atoms with Crippen LogP contribution in [0.5, 0.6) is 0 Å². The Morgan fingerprint density at radius 2 is 1.03 bits per heavy atom. The summed E-state index contributed by atoms with van der Waals surface area (Å²) in [5.41, 5.74) is 0. The fourth-order valence-electron chi connectivity index (χ4n) is 3.32. The van der Waals surface area contributed by atoms with Crippen molar-refractivity contribution in [1.82, 2.24) is 0 Å². The normalized spacial score (nSPS) is 11.6. The average Bonchev–Trinajstić information content (AvgIpc) is 2.72. The van der Waals surface area contributed by atoms with Gasteiger partial charge in [-0.1, -0.05) is 96.8 Å². The van der Waals surface area contributed by atoms with Gasteiger partial charge in [-0.05, 0) is 6.42 Å². The maximum Gasteiger partial charge on any atom is 0.506 e. The second kappa shape index (κ2) is 21.2. The van der Waals surface area contributed by atoms with Gasteiger partial charge in [0.25, 0.3) is 0 Å². The maximum absolute atomic E-state index is 11.7. The first kappa shape index (κ1) is 29.0. The highest BCUT2D eigenvalue weighted by molar-refractivity contribution is 5.69. The first-order valence-corrected chi connectivity index (χ1v) is 11.9. The van der Waals surface area contributed by atoms with E-state index in [1.165, 1.54) is 77.0 Å². The highest BCUT2D eigenvalue weighted by Crippen LogP contribution is 2.14. The van der Waals surface area contributed by atoms with E-state index < -0.39 is 31.0 Å². The number of carbonyl (C=O) groups excluding carboxylic acids is 1. The monoisotopic (exact) mass is 446 g/mol. The maximum atomic E-state index is 11.7. The highest BCUT2D eigenvalue weighted by Gasteiger charge is 2.18. The van der Waals surface area contributed by atoms with Gasteiger partial charge in [0.15, 0.2) is 6.10 Å². The number of hydrogen-bond acceptors (Lipinski definition) is 6. The fourth-order valence-corrected chi connectivity index (χ4v) is 3.32. The van der Waals surface area contributed by atoms with E-state index in [0.717, 1.165) is 12.8 Å². The summed E-state index contributed by atoms with van der Waals surface area (Å²) >= 11 is 0. The Bertz CT molecular complexity index is 466. The summed E-state index contributed by atoms with van der Waals surface area (Å²) in [6, 6.07) is 0. The first-order chi connectivity index (χ1) is 15.0. The Hall–Kier alpha value is -1.99. The summed E-state index contributed by atoms with van der Waals surface area (Å²) in [7, 11) is 0. The van der Waals surface area contributed by atoms with Gasteiger partial charge in [-0.3, -0.25) is 4.79 Å². The second-order valence-electron chi connectivity index (χ2n) is 7.97. The van der Waals surface area contributed by atoms with Crippen LogP contribution in [0.25, 0.3) is 0 Å². The minimum atomic E-state index is -1.59. The van der Waals surface area contributed by atoms with E-state index in [-0.39, 0.29) is 13.0 Å². The lowest BCUT2D eigenvalue weighted by atomic mass is 10.0. The summed E-state index contributed by atoms with van der Waals surface area (Å²) in [5, 5.41) is 17.0. The Labute approximate surface area is 186 Å². The largest absolute Gasteiger partial charge is 0.506 e. The zero-order chi connectivity index (χ0) is 23.2. The van der Waals surface area contributed by atoms with E-state index in [9.17, 15) is 14.4 Å². The van der Waals surface area contributed by atoms with Crippen molar-refractivity contribution in [3.8, 4) is 0 Å². The first-order valence-electron chi connectivity index (χ1n) is 11.9. The molecule has 0 saturated heterocycles. The molecule has 0 aromatic rings. The molecule has 0 amide bonds. The molecular weight excluding hydrogens is 404 g/mol. The smallest absolute Gasteiger partial charge is 0.462 e. The van der Waals surface area contributed by atoms with Crippen molar-refractivity contribution in [3.63, 3.8) is 0 Å². The van der Waals surface area contributed by atoms with Crippen molar-refractivity contribution in [3.05, 3.63) is 0 Å². The molecule has 0 aliphatic heterocycles. The third-order valence-corrected chi connectivity index (χ3v) is 5.07. The third kappa shape index (κ3) is 22.5. The number of unbranched alkanes of at least 4 members (excludes halogenated alkanes) is 14. The lowest BCUT2D eigenvalue weighted by molar-refractivity contribution is -0.148. The van der Waals surface area contributed by atoms with Gasteiger partial charge in [0.1, 0.15) is 13.2 Å². The molecule has 0 heterocycles. The van der Waals surface area contributed by atoms with Crippen LogP contribution in [0.15, 0.2) is 0 Å². The minimum absolute atomic E-state index is 0.248. The fraction of sp³-hybridized carbons (Fsp3) is 0.870. The van der Waals surface area contributed by atoms with Crippen LogP contribution < -0.4 is 0 Å². The number of rotatable bonds is 21. The third-order valence-electron chi connectivity index (χ3n) is 5.07. The molecule has 0 spiro atoms. The minimum Gasteiger partial charge on any atom is -0.462 e. The van der Waals surface area contributed by atoms with Gasteiger partial charge < -0.3 is 24.4 Å². The predicted octanol–water partition coefficient (Wildman–Crippen LogP) is 6.55. The molecule has 31 heavy (non-hydrogen) atoms. The van der Waals surface area contributed by atoms with E-state index in [4.69, 9.17) is 14.9 Å². The second-order valence-corrected chi connectivity index (χ2v) is 7.97. The van der Waals surface area contributed by atoms with Crippen molar-refractivity contribution < 1.29 is 38.8 Å². The Morgan fingerprint density at radius 3 is 1.45 bits per heavy atom. The summed E-state index contributed by atoms with van der Waals surface area (Å²) in [4.78, 5) is 32.6. The van der Waals surface area contributed by atoms with Crippen LogP contribution in [0.1, 0.15) is 110 Å². The zero-order valence-corrected chi connectivity index (χ0v) is 19.1. The summed E-state index contributed by atoms with van der Waals surface area (Å²) in [5.74, 6) is -0.455. The van der Waals surface area contributed by atoms with Crippen LogP contribution in [0.4, 0.5) is 9.59 Å². The molecule has 0 aromatic heterocycles. The Kier molecular flexibility index (Phi) is 19.9. The number of carboxylic acid groups (broad SMARTS) is 2. The molecular formula is C23H42O8. The molecule has 8 nitrogen and oxygen atoms in total. The van der Waals surface area contributed by atoms with Crippen molar-refractivity contribution >= 4 is 18.3 Å². The van der Waals surface area contributed by atoms with Gasteiger partial charge in [0.2, 0.25) is 0 Å². The van der Waals surface area contributed by atoms with Gasteiger partial charge in [-0.2, -0.15) is 0 Å². The van der Waals surface area contributed by atoms with E-state index in [0.29, 0.717) is 6.42 Å².